The van der Waals surface area contributed by atoms with E-state index in [4.69, 9.17) is 6.42 Å². The zero-order valence-electron chi connectivity index (χ0n) is 9.47. The van der Waals surface area contributed by atoms with Crippen molar-refractivity contribution in [3.63, 3.8) is 0 Å². The van der Waals surface area contributed by atoms with Crippen LogP contribution in [0.4, 0.5) is 0 Å². The number of terminal acetylenes is 1. The van der Waals surface area contributed by atoms with Gasteiger partial charge in [0.2, 0.25) is 0 Å². The van der Waals surface area contributed by atoms with E-state index in [1.165, 1.54) is 45.2 Å². The van der Waals surface area contributed by atoms with Gasteiger partial charge in [-0.15, -0.1) is 12.3 Å². The number of hydrogen-bond acceptors (Lipinski definition) is 1. The van der Waals surface area contributed by atoms with E-state index in [2.05, 4.69) is 17.7 Å². The molecule has 0 aromatic rings. The maximum absolute atomic E-state index is 5.28. The van der Waals surface area contributed by atoms with Gasteiger partial charge in [-0.1, -0.05) is 19.8 Å². The highest BCUT2D eigenvalue weighted by Crippen LogP contribution is 2.21. The van der Waals surface area contributed by atoms with E-state index in [1.54, 1.807) is 0 Å². The first-order chi connectivity index (χ1) is 6.86. The van der Waals surface area contributed by atoms with Gasteiger partial charge in [0.05, 0.1) is 0 Å². The highest BCUT2D eigenvalue weighted by Gasteiger charge is 2.15. The normalized spacial score (nSPS) is 24.1. The molecule has 0 aromatic heterocycles. The molecule has 1 rings (SSSR count). The zero-order valence-corrected chi connectivity index (χ0v) is 9.47. The Hall–Kier alpha value is -0.480. The zero-order chi connectivity index (χ0) is 10.2. The van der Waals surface area contributed by atoms with Gasteiger partial charge in [0.15, 0.2) is 0 Å². The predicted molar refractivity (Wildman–Crippen MR) is 62.1 cm³/mol. The third kappa shape index (κ3) is 4.15. The minimum atomic E-state index is 0.915. The lowest BCUT2D eigenvalue weighted by molar-refractivity contribution is 0.286. The third-order valence-electron chi connectivity index (χ3n) is 3.21. The summed E-state index contributed by atoms with van der Waals surface area (Å²) in [5, 5.41) is 0. The first kappa shape index (κ1) is 11.6. The second kappa shape index (κ2) is 6.90. The first-order valence-corrected chi connectivity index (χ1v) is 6.02. The van der Waals surface area contributed by atoms with Crippen molar-refractivity contribution in [3.05, 3.63) is 0 Å². The number of rotatable bonds is 4. The lowest BCUT2D eigenvalue weighted by atomic mass is 9.96. The second-order valence-corrected chi connectivity index (χ2v) is 4.38. The third-order valence-corrected chi connectivity index (χ3v) is 3.21. The van der Waals surface area contributed by atoms with Crippen LogP contribution in [-0.2, 0) is 0 Å². The maximum Gasteiger partial charge on any atom is 0.0214 e. The molecule has 0 aromatic carbocycles. The van der Waals surface area contributed by atoms with Crippen LogP contribution in [0.25, 0.3) is 0 Å². The van der Waals surface area contributed by atoms with Crippen LogP contribution in [0.3, 0.4) is 0 Å². The molecule has 0 amide bonds. The van der Waals surface area contributed by atoms with Crippen molar-refractivity contribution in [1.29, 1.82) is 0 Å². The van der Waals surface area contributed by atoms with Gasteiger partial charge in [-0.25, -0.2) is 0 Å². The molecule has 0 bridgehead atoms. The summed E-state index contributed by atoms with van der Waals surface area (Å²) in [7, 11) is 0. The molecule has 0 radical (unpaired) electrons. The Bertz CT molecular complexity index is 180. The summed E-state index contributed by atoms with van der Waals surface area (Å²) in [6.45, 7) is 5.94. The fraction of sp³-hybridized carbons (Fsp3) is 0.846. The van der Waals surface area contributed by atoms with Crippen LogP contribution in [-0.4, -0.2) is 24.5 Å². The van der Waals surface area contributed by atoms with Crippen molar-refractivity contribution in [2.45, 2.75) is 45.4 Å². The molecule has 1 aliphatic heterocycles. The molecule has 1 aliphatic rings. The summed E-state index contributed by atoms with van der Waals surface area (Å²) in [5.41, 5.74) is 0. The van der Waals surface area contributed by atoms with Crippen LogP contribution in [0.1, 0.15) is 45.4 Å². The van der Waals surface area contributed by atoms with Crippen LogP contribution >= 0.6 is 0 Å². The molecule has 1 heteroatoms. The van der Waals surface area contributed by atoms with Crippen LogP contribution in [0.15, 0.2) is 0 Å². The average molecular weight is 193 g/mol. The Labute approximate surface area is 88.9 Å². The summed E-state index contributed by atoms with van der Waals surface area (Å²) in [6, 6.07) is 0. The Morgan fingerprint density at radius 2 is 2.21 bits per heavy atom. The van der Waals surface area contributed by atoms with Crippen molar-refractivity contribution in [1.82, 2.24) is 4.90 Å². The van der Waals surface area contributed by atoms with Crippen LogP contribution in [0.5, 0.6) is 0 Å². The lowest BCUT2D eigenvalue weighted by Gasteiger charge is -2.18. The topological polar surface area (TPSA) is 3.24 Å². The fourth-order valence-electron chi connectivity index (χ4n) is 2.37. The average Bonchev–Trinajstić information content (AvgIpc) is 2.41. The van der Waals surface area contributed by atoms with E-state index in [1.807, 2.05) is 0 Å². The van der Waals surface area contributed by atoms with Gasteiger partial charge in [-0.05, 0) is 38.3 Å². The first-order valence-electron chi connectivity index (χ1n) is 6.02. The van der Waals surface area contributed by atoms with Crippen molar-refractivity contribution >= 4 is 0 Å². The van der Waals surface area contributed by atoms with Gasteiger partial charge in [0, 0.05) is 13.0 Å². The Morgan fingerprint density at radius 3 is 2.93 bits per heavy atom. The Balaban J connectivity index is 2.23. The maximum atomic E-state index is 5.28. The van der Waals surface area contributed by atoms with Crippen LogP contribution in [0, 0.1) is 18.3 Å². The molecule has 80 valence electrons. The molecule has 1 unspecified atom stereocenters. The van der Waals surface area contributed by atoms with Gasteiger partial charge in [-0.3, -0.25) is 0 Å². The minimum absolute atomic E-state index is 0.915. The predicted octanol–water partition coefficient (Wildman–Crippen LogP) is 2.91. The van der Waals surface area contributed by atoms with Gasteiger partial charge in [-0.2, -0.15) is 0 Å². The summed E-state index contributed by atoms with van der Waals surface area (Å²) < 4.78 is 0. The number of likely N-dealkylation sites (tertiary alicyclic amines) is 1. The highest BCUT2D eigenvalue weighted by molar-refractivity contribution is 4.85. The Kier molecular flexibility index (Phi) is 5.71. The molecule has 0 aliphatic carbocycles. The van der Waals surface area contributed by atoms with Crippen molar-refractivity contribution < 1.29 is 0 Å². The van der Waals surface area contributed by atoms with E-state index in [-0.39, 0.29) is 0 Å². The lowest BCUT2D eigenvalue weighted by Crippen LogP contribution is -2.25. The number of hydrogen-bond donors (Lipinski definition) is 0. The second-order valence-electron chi connectivity index (χ2n) is 4.38. The van der Waals surface area contributed by atoms with E-state index >= 15 is 0 Å². The van der Waals surface area contributed by atoms with Gasteiger partial charge >= 0.3 is 0 Å². The SMILES string of the molecule is C#CCCN1CCCC(CCC)CC1. The summed E-state index contributed by atoms with van der Waals surface area (Å²) >= 11 is 0. The molecule has 0 saturated carbocycles. The summed E-state index contributed by atoms with van der Waals surface area (Å²) in [6.07, 6.45) is 13.1. The van der Waals surface area contributed by atoms with E-state index < -0.39 is 0 Å². The van der Waals surface area contributed by atoms with E-state index in [9.17, 15) is 0 Å². The molecule has 14 heavy (non-hydrogen) atoms. The van der Waals surface area contributed by atoms with Gasteiger partial charge in [0.25, 0.3) is 0 Å². The van der Waals surface area contributed by atoms with Crippen LogP contribution in [0.2, 0.25) is 0 Å². The molecule has 1 atom stereocenters. The molecule has 0 spiro atoms. The quantitative estimate of drug-likeness (QED) is 0.621. The van der Waals surface area contributed by atoms with Crippen LogP contribution < -0.4 is 0 Å². The van der Waals surface area contributed by atoms with Crippen molar-refractivity contribution in [2.24, 2.45) is 5.92 Å². The molecular formula is C13H23N. The molecule has 1 nitrogen and oxygen atoms in total. The largest absolute Gasteiger partial charge is 0.302 e. The Morgan fingerprint density at radius 1 is 1.36 bits per heavy atom. The molecule has 1 heterocycles. The van der Waals surface area contributed by atoms with Gasteiger partial charge in [0.1, 0.15) is 0 Å². The van der Waals surface area contributed by atoms with Gasteiger partial charge < -0.3 is 4.90 Å². The standard InChI is InChI=1S/C13H23N/c1-3-5-10-14-11-6-8-13(7-4-2)9-12-14/h1,13H,4-12H2,2H3. The summed E-state index contributed by atoms with van der Waals surface area (Å²) in [5.74, 6) is 3.71. The van der Waals surface area contributed by atoms with Crippen molar-refractivity contribution in [2.75, 3.05) is 19.6 Å². The molecule has 1 saturated heterocycles. The smallest absolute Gasteiger partial charge is 0.0214 e. The molecular weight excluding hydrogens is 170 g/mol. The fourth-order valence-corrected chi connectivity index (χ4v) is 2.37. The number of nitrogens with zero attached hydrogens (tertiary/aromatic N) is 1. The molecule has 1 fully saturated rings. The van der Waals surface area contributed by atoms with E-state index in [0.29, 0.717) is 0 Å². The summed E-state index contributed by atoms with van der Waals surface area (Å²) in [4.78, 5) is 2.54. The van der Waals surface area contributed by atoms with E-state index in [0.717, 1.165) is 18.9 Å². The molecule has 0 N–H and O–H groups in total. The minimum Gasteiger partial charge on any atom is -0.302 e. The monoisotopic (exact) mass is 193 g/mol. The van der Waals surface area contributed by atoms with Crippen molar-refractivity contribution in [3.8, 4) is 12.3 Å². The highest BCUT2D eigenvalue weighted by atomic mass is 15.1.